The second kappa shape index (κ2) is 4.46. The minimum atomic E-state index is -0.537. The monoisotopic (exact) mass is 255 g/mol. The van der Waals surface area contributed by atoms with Crippen molar-refractivity contribution < 1.29 is 9.84 Å². The third-order valence-electron chi connectivity index (χ3n) is 4.98. The second-order valence-corrected chi connectivity index (χ2v) is 7.39. The molecule has 0 spiro atoms. The van der Waals surface area contributed by atoms with Gasteiger partial charge < -0.3 is 15.2 Å². The Kier molecular flexibility index (Phi) is 3.54. The van der Waals surface area contributed by atoms with Crippen molar-refractivity contribution in [2.75, 3.05) is 7.05 Å². The summed E-state index contributed by atoms with van der Waals surface area (Å²) in [7, 11) is 2.01. The van der Waals surface area contributed by atoms with Crippen molar-refractivity contribution in [3.8, 4) is 0 Å². The Bertz CT molecular complexity index is 304. The first-order valence-electron chi connectivity index (χ1n) is 7.28. The Morgan fingerprint density at radius 3 is 2.06 bits per heavy atom. The van der Waals surface area contributed by atoms with E-state index in [1.807, 2.05) is 7.05 Å². The zero-order valence-electron chi connectivity index (χ0n) is 12.5. The van der Waals surface area contributed by atoms with Gasteiger partial charge in [-0.05, 0) is 66.8 Å². The fourth-order valence-corrected chi connectivity index (χ4v) is 4.15. The van der Waals surface area contributed by atoms with Crippen LogP contribution >= 0.6 is 0 Å². The molecule has 1 atom stereocenters. The molecule has 0 bridgehead atoms. The van der Waals surface area contributed by atoms with Crippen molar-refractivity contribution in [2.24, 2.45) is 5.92 Å². The minimum absolute atomic E-state index is 0.107. The van der Waals surface area contributed by atoms with E-state index >= 15 is 0 Å². The fraction of sp³-hybridized carbons (Fsp3) is 1.00. The van der Waals surface area contributed by atoms with Crippen molar-refractivity contribution in [1.29, 1.82) is 0 Å². The average molecular weight is 255 g/mol. The molecule has 1 aliphatic carbocycles. The van der Waals surface area contributed by atoms with Gasteiger partial charge in [0.2, 0.25) is 0 Å². The lowest BCUT2D eigenvalue weighted by Gasteiger charge is -2.44. The molecule has 2 aliphatic rings. The van der Waals surface area contributed by atoms with Gasteiger partial charge in [-0.15, -0.1) is 0 Å². The molecule has 18 heavy (non-hydrogen) atoms. The summed E-state index contributed by atoms with van der Waals surface area (Å²) in [6.07, 6.45) is 4.89. The number of ether oxygens (including phenoxy) is 1. The summed E-state index contributed by atoms with van der Waals surface area (Å²) in [4.78, 5) is 0. The molecule has 1 saturated carbocycles. The largest absolute Gasteiger partial charge is 0.389 e. The van der Waals surface area contributed by atoms with E-state index in [4.69, 9.17) is 4.74 Å². The minimum Gasteiger partial charge on any atom is -0.389 e. The Hall–Kier alpha value is -0.120. The first-order chi connectivity index (χ1) is 8.19. The summed E-state index contributed by atoms with van der Waals surface area (Å²) >= 11 is 0. The third-order valence-corrected chi connectivity index (χ3v) is 4.98. The molecule has 0 aromatic rings. The summed E-state index contributed by atoms with van der Waals surface area (Å²) in [5, 5.41) is 14.4. The van der Waals surface area contributed by atoms with Crippen LogP contribution in [0.25, 0.3) is 0 Å². The highest BCUT2D eigenvalue weighted by atomic mass is 16.5. The van der Waals surface area contributed by atoms with Gasteiger partial charge >= 0.3 is 0 Å². The Balaban J connectivity index is 2.11. The van der Waals surface area contributed by atoms with E-state index in [-0.39, 0.29) is 17.1 Å². The van der Waals surface area contributed by atoms with Crippen LogP contribution < -0.4 is 5.32 Å². The highest BCUT2D eigenvalue weighted by Crippen LogP contribution is 2.51. The van der Waals surface area contributed by atoms with Gasteiger partial charge in [0, 0.05) is 12.0 Å². The highest BCUT2D eigenvalue weighted by molar-refractivity contribution is 5.05. The molecular weight excluding hydrogens is 226 g/mol. The van der Waals surface area contributed by atoms with Gasteiger partial charge in [-0.1, -0.05) is 0 Å². The van der Waals surface area contributed by atoms with Crippen molar-refractivity contribution >= 4 is 0 Å². The molecule has 0 aromatic carbocycles. The number of rotatable bonds is 2. The Labute approximate surface area is 111 Å². The SMILES string of the molecule is CNC1CCC(O)(C2CC(C)(C)OC2(C)C)CC1. The van der Waals surface area contributed by atoms with Crippen LogP contribution in [0.3, 0.4) is 0 Å². The van der Waals surface area contributed by atoms with Gasteiger partial charge in [-0.3, -0.25) is 0 Å². The average Bonchev–Trinajstić information content (AvgIpc) is 2.48. The molecule has 1 aliphatic heterocycles. The van der Waals surface area contributed by atoms with Gasteiger partial charge in [-0.25, -0.2) is 0 Å². The predicted molar refractivity (Wildman–Crippen MR) is 73.6 cm³/mol. The van der Waals surface area contributed by atoms with Crippen molar-refractivity contribution in [1.82, 2.24) is 5.32 Å². The molecule has 0 amide bonds. The zero-order chi connectivity index (χ0) is 13.6. The molecule has 106 valence electrons. The second-order valence-electron chi connectivity index (χ2n) is 7.39. The summed E-state index contributed by atoms with van der Waals surface area (Å²) in [6, 6.07) is 0.573. The lowest BCUT2D eigenvalue weighted by atomic mass is 9.67. The third kappa shape index (κ3) is 2.59. The Morgan fingerprint density at radius 2 is 1.67 bits per heavy atom. The molecule has 2 fully saturated rings. The van der Waals surface area contributed by atoms with Crippen LogP contribution in [0.4, 0.5) is 0 Å². The van der Waals surface area contributed by atoms with Gasteiger partial charge in [0.05, 0.1) is 16.8 Å². The molecule has 3 nitrogen and oxygen atoms in total. The van der Waals surface area contributed by atoms with Gasteiger partial charge in [0.1, 0.15) is 0 Å². The van der Waals surface area contributed by atoms with Crippen LogP contribution in [0, 0.1) is 5.92 Å². The molecule has 1 heterocycles. The predicted octanol–water partition coefficient (Wildman–Crippen LogP) is 2.47. The zero-order valence-corrected chi connectivity index (χ0v) is 12.5. The van der Waals surface area contributed by atoms with Gasteiger partial charge in [-0.2, -0.15) is 0 Å². The fourth-order valence-electron chi connectivity index (χ4n) is 4.15. The van der Waals surface area contributed by atoms with Crippen LogP contribution in [0.1, 0.15) is 59.8 Å². The van der Waals surface area contributed by atoms with E-state index < -0.39 is 5.60 Å². The lowest BCUT2D eigenvalue weighted by molar-refractivity contribution is -0.125. The summed E-state index contributed by atoms with van der Waals surface area (Å²) < 4.78 is 6.14. The number of hydrogen-bond acceptors (Lipinski definition) is 3. The maximum atomic E-state index is 11.0. The standard InChI is InChI=1S/C15H29NO2/c1-13(2)10-12(14(3,4)18-13)15(17)8-6-11(16-5)7-9-15/h11-12,16-17H,6-10H2,1-5H3. The molecule has 1 unspecified atom stereocenters. The molecular formula is C15H29NO2. The maximum absolute atomic E-state index is 11.0. The molecule has 2 rings (SSSR count). The van der Waals surface area contributed by atoms with Crippen molar-refractivity contribution in [3.63, 3.8) is 0 Å². The first-order valence-corrected chi connectivity index (χ1v) is 7.28. The number of nitrogens with one attached hydrogen (secondary N) is 1. The van der Waals surface area contributed by atoms with E-state index in [1.54, 1.807) is 0 Å². The Morgan fingerprint density at radius 1 is 1.11 bits per heavy atom. The van der Waals surface area contributed by atoms with E-state index in [0.29, 0.717) is 6.04 Å². The van der Waals surface area contributed by atoms with Crippen LogP contribution in [-0.4, -0.2) is 35.0 Å². The van der Waals surface area contributed by atoms with Gasteiger partial charge in [0.15, 0.2) is 0 Å². The van der Waals surface area contributed by atoms with Crippen molar-refractivity contribution in [3.05, 3.63) is 0 Å². The lowest BCUT2D eigenvalue weighted by Crippen LogP contribution is -2.50. The van der Waals surface area contributed by atoms with E-state index in [9.17, 15) is 5.11 Å². The summed E-state index contributed by atoms with van der Waals surface area (Å²) in [5.74, 6) is 0.248. The topological polar surface area (TPSA) is 41.5 Å². The van der Waals surface area contributed by atoms with Crippen LogP contribution in [-0.2, 0) is 4.74 Å². The van der Waals surface area contributed by atoms with Crippen molar-refractivity contribution in [2.45, 2.75) is 82.6 Å². The highest BCUT2D eigenvalue weighted by Gasteiger charge is 2.55. The van der Waals surface area contributed by atoms with Crippen LogP contribution in [0.2, 0.25) is 0 Å². The van der Waals surface area contributed by atoms with Crippen LogP contribution in [0.5, 0.6) is 0 Å². The summed E-state index contributed by atoms with van der Waals surface area (Å²) in [6.45, 7) is 8.54. The van der Waals surface area contributed by atoms with E-state index in [1.165, 1.54) is 0 Å². The molecule has 1 saturated heterocycles. The normalized spacial score (nSPS) is 43.0. The molecule has 0 radical (unpaired) electrons. The van der Waals surface area contributed by atoms with Crippen LogP contribution in [0.15, 0.2) is 0 Å². The number of hydrogen-bond donors (Lipinski definition) is 2. The maximum Gasteiger partial charge on any atom is 0.0705 e. The quantitative estimate of drug-likeness (QED) is 0.796. The van der Waals surface area contributed by atoms with E-state index in [0.717, 1.165) is 32.1 Å². The molecule has 2 N–H and O–H groups in total. The van der Waals surface area contributed by atoms with Gasteiger partial charge in [0.25, 0.3) is 0 Å². The van der Waals surface area contributed by atoms with E-state index in [2.05, 4.69) is 33.0 Å². The summed E-state index contributed by atoms with van der Waals surface area (Å²) in [5.41, 5.74) is -0.862. The first kappa shape index (κ1) is 14.3. The smallest absolute Gasteiger partial charge is 0.0705 e. The number of aliphatic hydroxyl groups is 1. The molecule has 0 aromatic heterocycles. The molecule has 3 heteroatoms.